The first-order valence-corrected chi connectivity index (χ1v) is 12.9. The highest BCUT2D eigenvalue weighted by molar-refractivity contribution is 7.88. The maximum absolute atomic E-state index is 13.2. The van der Waals surface area contributed by atoms with Crippen molar-refractivity contribution < 1.29 is 13.2 Å². The number of aryl methyl sites for hydroxylation is 1. The van der Waals surface area contributed by atoms with Crippen LogP contribution in [-0.4, -0.2) is 56.3 Å². The van der Waals surface area contributed by atoms with E-state index in [0.717, 1.165) is 48.6 Å². The SMILES string of the molecule is CC(=O)N1CCN(c2ccc(CN(CC(C)C)S(=O)(=O)Cc3ccccc3)cc2C)CC1. The van der Waals surface area contributed by atoms with E-state index in [1.807, 2.05) is 55.1 Å². The third kappa shape index (κ3) is 6.33. The number of hydrogen-bond donors (Lipinski definition) is 0. The van der Waals surface area contributed by atoms with Gasteiger partial charge in [0, 0.05) is 51.9 Å². The van der Waals surface area contributed by atoms with Crippen molar-refractivity contribution in [2.45, 2.75) is 40.0 Å². The van der Waals surface area contributed by atoms with Crippen LogP contribution in [0.15, 0.2) is 48.5 Å². The second-order valence-electron chi connectivity index (χ2n) is 9.04. The molecule has 0 aliphatic carbocycles. The molecule has 1 aliphatic rings. The Kier molecular flexibility index (Phi) is 7.96. The standard InChI is InChI=1S/C25H35N3O3S/c1-20(2)17-28(32(30,31)19-23-8-6-5-7-9-23)18-24-10-11-25(21(3)16-24)27-14-12-26(13-15-27)22(4)29/h5-11,16,20H,12-15,17-19H2,1-4H3. The molecule has 1 fully saturated rings. The predicted molar refractivity (Wildman–Crippen MR) is 130 cm³/mol. The van der Waals surface area contributed by atoms with Gasteiger partial charge in [0.15, 0.2) is 0 Å². The molecule has 3 rings (SSSR count). The first-order chi connectivity index (χ1) is 15.2. The lowest BCUT2D eigenvalue weighted by molar-refractivity contribution is -0.129. The molecule has 0 aromatic heterocycles. The van der Waals surface area contributed by atoms with E-state index < -0.39 is 10.0 Å². The largest absolute Gasteiger partial charge is 0.368 e. The molecular formula is C25H35N3O3S. The summed E-state index contributed by atoms with van der Waals surface area (Å²) in [7, 11) is -3.44. The fraction of sp³-hybridized carbons (Fsp3) is 0.480. The van der Waals surface area contributed by atoms with E-state index in [2.05, 4.69) is 24.0 Å². The maximum atomic E-state index is 13.2. The van der Waals surface area contributed by atoms with Crippen molar-refractivity contribution in [1.82, 2.24) is 9.21 Å². The molecule has 32 heavy (non-hydrogen) atoms. The van der Waals surface area contributed by atoms with E-state index in [9.17, 15) is 13.2 Å². The van der Waals surface area contributed by atoms with Crippen LogP contribution < -0.4 is 4.90 Å². The average molecular weight is 458 g/mol. The monoisotopic (exact) mass is 457 g/mol. The Bertz CT molecular complexity index is 1010. The predicted octanol–water partition coefficient (Wildman–Crippen LogP) is 3.65. The molecule has 0 bridgehead atoms. The summed E-state index contributed by atoms with van der Waals surface area (Å²) in [6, 6.07) is 15.6. The molecule has 0 radical (unpaired) electrons. The highest BCUT2D eigenvalue weighted by Crippen LogP contribution is 2.25. The van der Waals surface area contributed by atoms with E-state index in [-0.39, 0.29) is 17.6 Å². The number of amides is 1. The fourth-order valence-electron chi connectivity index (χ4n) is 4.20. The van der Waals surface area contributed by atoms with Crippen LogP contribution in [0.2, 0.25) is 0 Å². The van der Waals surface area contributed by atoms with Crippen LogP contribution in [0.25, 0.3) is 0 Å². The molecule has 1 heterocycles. The van der Waals surface area contributed by atoms with Crippen molar-refractivity contribution in [1.29, 1.82) is 0 Å². The number of rotatable bonds is 8. The molecule has 1 saturated heterocycles. The Labute approximate surface area is 192 Å². The van der Waals surface area contributed by atoms with Crippen LogP contribution in [0.3, 0.4) is 0 Å². The number of nitrogens with zero attached hydrogens (tertiary/aromatic N) is 3. The lowest BCUT2D eigenvalue weighted by atomic mass is 10.1. The molecule has 6 nitrogen and oxygen atoms in total. The van der Waals surface area contributed by atoms with Gasteiger partial charge in [-0.15, -0.1) is 0 Å². The molecule has 174 valence electrons. The lowest BCUT2D eigenvalue weighted by Gasteiger charge is -2.36. The third-order valence-corrected chi connectivity index (χ3v) is 7.60. The topological polar surface area (TPSA) is 60.9 Å². The van der Waals surface area contributed by atoms with Gasteiger partial charge in [-0.3, -0.25) is 4.79 Å². The van der Waals surface area contributed by atoms with E-state index in [0.29, 0.717) is 13.1 Å². The molecule has 0 saturated carbocycles. The summed E-state index contributed by atoms with van der Waals surface area (Å²) in [5.74, 6) is 0.370. The first-order valence-electron chi connectivity index (χ1n) is 11.3. The normalized spacial score (nSPS) is 14.9. The Balaban J connectivity index is 1.74. The second kappa shape index (κ2) is 10.5. The molecule has 0 atom stereocenters. The first kappa shape index (κ1) is 24.3. The van der Waals surface area contributed by atoms with Gasteiger partial charge < -0.3 is 9.80 Å². The van der Waals surface area contributed by atoms with Crippen LogP contribution in [0.4, 0.5) is 5.69 Å². The Morgan fingerprint density at radius 1 is 1.00 bits per heavy atom. The van der Waals surface area contributed by atoms with Crippen LogP contribution in [0.1, 0.15) is 37.5 Å². The number of sulfonamides is 1. The number of hydrogen-bond acceptors (Lipinski definition) is 4. The second-order valence-corrected chi connectivity index (χ2v) is 11.0. The zero-order chi connectivity index (χ0) is 23.3. The van der Waals surface area contributed by atoms with Gasteiger partial charge in [-0.05, 0) is 35.6 Å². The number of carbonyl (C=O) groups is 1. The Hall–Kier alpha value is -2.38. The zero-order valence-corrected chi connectivity index (χ0v) is 20.4. The van der Waals surface area contributed by atoms with Gasteiger partial charge in [-0.1, -0.05) is 56.3 Å². The van der Waals surface area contributed by atoms with Crippen LogP contribution >= 0.6 is 0 Å². The van der Waals surface area contributed by atoms with E-state index in [4.69, 9.17) is 0 Å². The van der Waals surface area contributed by atoms with Crippen molar-refractivity contribution >= 4 is 21.6 Å². The van der Waals surface area contributed by atoms with Crippen molar-refractivity contribution in [3.8, 4) is 0 Å². The fourth-order valence-corrected chi connectivity index (χ4v) is 5.86. The van der Waals surface area contributed by atoms with Crippen LogP contribution in [0.5, 0.6) is 0 Å². The molecule has 0 unspecified atom stereocenters. The van der Waals surface area contributed by atoms with Gasteiger partial charge in [0.1, 0.15) is 0 Å². The smallest absolute Gasteiger partial charge is 0.219 e. The van der Waals surface area contributed by atoms with E-state index in [1.54, 1.807) is 11.2 Å². The summed E-state index contributed by atoms with van der Waals surface area (Å²) in [5.41, 5.74) is 4.08. The minimum atomic E-state index is -3.44. The number of benzene rings is 2. The van der Waals surface area contributed by atoms with Crippen molar-refractivity contribution in [3.63, 3.8) is 0 Å². The summed E-state index contributed by atoms with van der Waals surface area (Å²) in [6.45, 7) is 11.7. The summed E-state index contributed by atoms with van der Waals surface area (Å²) >= 11 is 0. The lowest BCUT2D eigenvalue weighted by Crippen LogP contribution is -2.48. The van der Waals surface area contributed by atoms with Gasteiger partial charge in [0.05, 0.1) is 5.75 Å². The minimum Gasteiger partial charge on any atom is -0.368 e. The van der Waals surface area contributed by atoms with Gasteiger partial charge in [-0.2, -0.15) is 4.31 Å². The van der Waals surface area contributed by atoms with Crippen molar-refractivity contribution in [2.24, 2.45) is 5.92 Å². The molecule has 1 aliphatic heterocycles. The molecule has 2 aromatic rings. The van der Waals surface area contributed by atoms with Gasteiger partial charge in [-0.25, -0.2) is 8.42 Å². The van der Waals surface area contributed by atoms with Crippen LogP contribution in [0, 0.1) is 12.8 Å². The maximum Gasteiger partial charge on any atom is 0.219 e. The van der Waals surface area contributed by atoms with Crippen molar-refractivity contribution in [2.75, 3.05) is 37.6 Å². The zero-order valence-electron chi connectivity index (χ0n) is 19.6. The molecule has 0 spiro atoms. The highest BCUT2D eigenvalue weighted by atomic mass is 32.2. The van der Waals surface area contributed by atoms with E-state index >= 15 is 0 Å². The molecule has 2 aromatic carbocycles. The summed E-state index contributed by atoms with van der Waals surface area (Å²) in [4.78, 5) is 15.8. The molecule has 7 heteroatoms. The summed E-state index contributed by atoms with van der Waals surface area (Å²) < 4.78 is 28.0. The van der Waals surface area contributed by atoms with Gasteiger partial charge in [0.2, 0.25) is 15.9 Å². The Morgan fingerprint density at radius 2 is 1.66 bits per heavy atom. The number of anilines is 1. The Morgan fingerprint density at radius 3 is 2.22 bits per heavy atom. The highest BCUT2D eigenvalue weighted by Gasteiger charge is 2.25. The third-order valence-electron chi connectivity index (χ3n) is 5.84. The average Bonchev–Trinajstić information content (AvgIpc) is 2.73. The molecular weight excluding hydrogens is 422 g/mol. The molecule has 0 N–H and O–H groups in total. The number of piperazine rings is 1. The van der Waals surface area contributed by atoms with Crippen LogP contribution in [-0.2, 0) is 27.1 Å². The molecule has 1 amide bonds. The quantitative estimate of drug-likeness (QED) is 0.607. The minimum absolute atomic E-state index is 0.0120. The van der Waals surface area contributed by atoms with Gasteiger partial charge >= 0.3 is 0 Å². The van der Waals surface area contributed by atoms with Crippen molar-refractivity contribution in [3.05, 3.63) is 65.2 Å². The van der Waals surface area contributed by atoms with E-state index in [1.165, 1.54) is 0 Å². The summed E-state index contributed by atoms with van der Waals surface area (Å²) in [6.07, 6.45) is 0. The summed E-state index contributed by atoms with van der Waals surface area (Å²) in [5, 5.41) is 0. The van der Waals surface area contributed by atoms with Gasteiger partial charge in [0.25, 0.3) is 0 Å². The number of carbonyl (C=O) groups excluding carboxylic acids is 1.